The van der Waals surface area contributed by atoms with Crippen molar-refractivity contribution in [1.82, 2.24) is 0 Å². The number of benzene rings is 1. The number of aromatic hydroxyl groups is 1. The minimum absolute atomic E-state index is 0.121. The van der Waals surface area contributed by atoms with Gasteiger partial charge in [-0.15, -0.1) is 0 Å². The molecule has 0 aliphatic carbocycles. The highest BCUT2D eigenvalue weighted by Gasteiger charge is 2.06. The molecular weight excluding hydrogens is 360 g/mol. The van der Waals surface area contributed by atoms with Crippen LogP contribution in [0.3, 0.4) is 0 Å². The summed E-state index contributed by atoms with van der Waals surface area (Å²) in [6, 6.07) is 6.82. The van der Waals surface area contributed by atoms with Gasteiger partial charge in [0.25, 0.3) is 0 Å². The van der Waals surface area contributed by atoms with E-state index in [0.29, 0.717) is 5.58 Å². The van der Waals surface area contributed by atoms with Gasteiger partial charge in [-0.3, -0.25) is 0 Å². The monoisotopic (exact) mass is 400 g/mol. The molecule has 0 atom stereocenters. The van der Waals surface area contributed by atoms with E-state index in [-0.39, 0.29) is 11.4 Å². The van der Waals surface area contributed by atoms with E-state index in [0.717, 1.165) is 23.8 Å². The predicted molar refractivity (Wildman–Crippen MR) is 123 cm³/mol. The molecule has 1 aromatic carbocycles. The summed E-state index contributed by atoms with van der Waals surface area (Å²) in [6.45, 7) is 2.27. The van der Waals surface area contributed by atoms with E-state index < -0.39 is 0 Å². The first kappa shape index (κ1) is 23.5. The van der Waals surface area contributed by atoms with Crippen molar-refractivity contribution in [3.63, 3.8) is 0 Å². The van der Waals surface area contributed by atoms with Crippen LogP contribution in [0, 0.1) is 0 Å². The highest BCUT2D eigenvalue weighted by molar-refractivity contribution is 5.78. The summed E-state index contributed by atoms with van der Waals surface area (Å²) in [5.41, 5.74) is 0.932. The van der Waals surface area contributed by atoms with Gasteiger partial charge >= 0.3 is 5.63 Å². The van der Waals surface area contributed by atoms with Gasteiger partial charge in [-0.05, 0) is 31.0 Å². The Morgan fingerprint density at radius 3 is 1.79 bits per heavy atom. The Labute approximate surface area is 176 Å². The van der Waals surface area contributed by atoms with Crippen LogP contribution in [-0.4, -0.2) is 5.11 Å². The number of hydrogen-bond donors (Lipinski definition) is 1. The molecule has 1 N–H and O–H groups in total. The van der Waals surface area contributed by atoms with E-state index in [9.17, 15) is 9.90 Å². The third kappa shape index (κ3) is 9.51. The van der Waals surface area contributed by atoms with Crippen LogP contribution in [0.15, 0.2) is 33.5 Å². The lowest BCUT2D eigenvalue weighted by molar-refractivity contribution is 0.472. The first-order chi connectivity index (χ1) is 14.2. The largest absolute Gasteiger partial charge is 0.508 e. The number of phenols is 1. The Morgan fingerprint density at radius 1 is 0.724 bits per heavy atom. The Hall–Kier alpha value is -1.77. The van der Waals surface area contributed by atoms with Crippen LogP contribution < -0.4 is 5.63 Å². The zero-order valence-corrected chi connectivity index (χ0v) is 18.4. The second-order valence-electron chi connectivity index (χ2n) is 8.48. The molecule has 3 nitrogen and oxygen atoms in total. The Kier molecular flexibility index (Phi) is 11.6. The zero-order chi connectivity index (χ0) is 20.7. The number of fused-ring (bicyclic) bond motifs is 1. The van der Waals surface area contributed by atoms with Gasteiger partial charge in [0, 0.05) is 17.0 Å². The van der Waals surface area contributed by atoms with Crippen LogP contribution in [0.5, 0.6) is 5.75 Å². The highest BCUT2D eigenvalue weighted by Crippen LogP contribution is 2.20. The summed E-state index contributed by atoms with van der Waals surface area (Å²) in [5, 5.41) is 10.4. The number of unbranched alkanes of at least 4 members (excludes halogenated alkanes) is 14. The van der Waals surface area contributed by atoms with Gasteiger partial charge in [-0.25, -0.2) is 4.79 Å². The van der Waals surface area contributed by atoms with Gasteiger partial charge in [-0.1, -0.05) is 96.8 Å². The van der Waals surface area contributed by atoms with E-state index in [1.807, 2.05) is 6.07 Å². The first-order valence-electron chi connectivity index (χ1n) is 12.0. The third-order valence-electron chi connectivity index (χ3n) is 5.84. The van der Waals surface area contributed by atoms with E-state index >= 15 is 0 Å². The Balaban J connectivity index is 1.46. The lowest BCUT2D eigenvalue weighted by atomic mass is 10.0. The SMILES string of the molecule is CCCCCCCCCCCCCCCCCc1cc2ccc(O)cc2oc1=O. The number of aryl methyl sites for hydroxylation is 1. The standard InChI is InChI=1S/C26H40O3/c1-2-3-4-5-6-7-8-9-10-11-12-13-14-15-16-17-23-20-22-18-19-24(27)21-25(22)29-26(23)28/h18-21,27H,2-17H2,1H3. The van der Waals surface area contributed by atoms with E-state index in [4.69, 9.17) is 4.42 Å². The van der Waals surface area contributed by atoms with Crippen LogP contribution in [0.1, 0.15) is 109 Å². The van der Waals surface area contributed by atoms with Gasteiger partial charge in [0.05, 0.1) is 0 Å². The molecule has 3 heteroatoms. The molecule has 0 amide bonds. The zero-order valence-electron chi connectivity index (χ0n) is 18.4. The van der Waals surface area contributed by atoms with Crippen molar-refractivity contribution in [3.8, 4) is 5.75 Å². The van der Waals surface area contributed by atoms with Gasteiger partial charge in [0.2, 0.25) is 0 Å². The van der Waals surface area contributed by atoms with Crippen molar-refractivity contribution in [2.75, 3.05) is 0 Å². The lowest BCUT2D eigenvalue weighted by Crippen LogP contribution is -2.06. The molecule has 1 aromatic heterocycles. The average Bonchev–Trinajstić information content (AvgIpc) is 2.71. The summed E-state index contributed by atoms with van der Waals surface area (Å²) < 4.78 is 5.33. The molecule has 1 heterocycles. The average molecular weight is 401 g/mol. The normalized spacial score (nSPS) is 11.3. The van der Waals surface area contributed by atoms with Crippen molar-refractivity contribution in [2.45, 2.75) is 110 Å². The van der Waals surface area contributed by atoms with Gasteiger partial charge in [0.15, 0.2) is 0 Å². The number of hydrogen-bond acceptors (Lipinski definition) is 3. The van der Waals surface area contributed by atoms with E-state index in [2.05, 4.69) is 6.92 Å². The molecule has 0 aliphatic heterocycles. The Morgan fingerprint density at radius 2 is 1.24 bits per heavy atom. The maximum atomic E-state index is 12.1. The van der Waals surface area contributed by atoms with Crippen LogP contribution in [0.25, 0.3) is 11.0 Å². The van der Waals surface area contributed by atoms with E-state index in [1.54, 1.807) is 12.1 Å². The van der Waals surface area contributed by atoms with Crippen LogP contribution >= 0.6 is 0 Å². The van der Waals surface area contributed by atoms with Crippen molar-refractivity contribution in [3.05, 3.63) is 40.2 Å². The summed E-state index contributed by atoms with van der Waals surface area (Å²) in [5.74, 6) is 0.121. The predicted octanol–water partition coefficient (Wildman–Crippen LogP) is 7.91. The molecule has 2 rings (SSSR count). The fourth-order valence-corrected chi connectivity index (χ4v) is 4.00. The molecule has 0 bridgehead atoms. The van der Waals surface area contributed by atoms with Gasteiger partial charge < -0.3 is 9.52 Å². The smallest absolute Gasteiger partial charge is 0.339 e. The molecule has 29 heavy (non-hydrogen) atoms. The van der Waals surface area contributed by atoms with E-state index in [1.165, 1.54) is 96.0 Å². The molecule has 0 fully saturated rings. The highest BCUT2D eigenvalue weighted by atomic mass is 16.4. The topological polar surface area (TPSA) is 50.4 Å². The quantitative estimate of drug-likeness (QED) is 0.230. The summed E-state index contributed by atoms with van der Waals surface area (Å²) in [6.07, 6.45) is 20.9. The minimum Gasteiger partial charge on any atom is -0.508 e. The fourth-order valence-electron chi connectivity index (χ4n) is 4.00. The summed E-state index contributed by atoms with van der Waals surface area (Å²) in [4.78, 5) is 12.1. The van der Waals surface area contributed by atoms with Crippen molar-refractivity contribution in [2.24, 2.45) is 0 Å². The van der Waals surface area contributed by atoms with Gasteiger partial charge in [0.1, 0.15) is 11.3 Å². The van der Waals surface area contributed by atoms with Crippen LogP contribution in [-0.2, 0) is 6.42 Å². The Bertz CT molecular complexity index is 747. The lowest BCUT2D eigenvalue weighted by Gasteiger charge is -2.04. The fraction of sp³-hybridized carbons (Fsp3) is 0.654. The molecule has 0 spiro atoms. The first-order valence-corrected chi connectivity index (χ1v) is 12.0. The van der Waals surface area contributed by atoms with Gasteiger partial charge in [-0.2, -0.15) is 0 Å². The summed E-state index contributed by atoms with van der Waals surface area (Å²) in [7, 11) is 0. The van der Waals surface area contributed by atoms with Crippen molar-refractivity contribution in [1.29, 1.82) is 0 Å². The molecule has 0 unspecified atom stereocenters. The molecule has 2 aromatic rings. The summed E-state index contributed by atoms with van der Waals surface area (Å²) >= 11 is 0. The molecule has 162 valence electrons. The molecule has 0 saturated carbocycles. The molecule has 0 aliphatic rings. The van der Waals surface area contributed by atoms with Crippen molar-refractivity contribution >= 4 is 11.0 Å². The molecule has 0 saturated heterocycles. The van der Waals surface area contributed by atoms with Crippen LogP contribution in [0.4, 0.5) is 0 Å². The molecular formula is C26H40O3. The number of rotatable bonds is 16. The second kappa shape index (κ2) is 14.3. The minimum atomic E-state index is -0.270. The second-order valence-corrected chi connectivity index (χ2v) is 8.48. The van der Waals surface area contributed by atoms with Crippen molar-refractivity contribution < 1.29 is 9.52 Å². The number of phenolic OH excluding ortho intramolecular Hbond substituents is 1. The van der Waals surface area contributed by atoms with Crippen LogP contribution in [0.2, 0.25) is 0 Å². The maximum absolute atomic E-state index is 12.1. The third-order valence-corrected chi connectivity index (χ3v) is 5.84. The maximum Gasteiger partial charge on any atom is 0.339 e. The molecule has 0 radical (unpaired) electrons.